The fraction of sp³-hybridized carbons (Fsp3) is 0.556. The molecule has 0 bridgehead atoms. The molecule has 1 aliphatic rings. The molecule has 1 saturated heterocycles. The first-order valence-corrected chi connectivity index (χ1v) is 8.87. The summed E-state index contributed by atoms with van der Waals surface area (Å²) >= 11 is 0. The van der Waals surface area contributed by atoms with Crippen LogP contribution in [0.25, 0.3) is 0 Å². The van der Waals surface area contributed by atoms with Gasteiger partial charge in [-0.05, 0) is 26.3 Å². The van der Waals surface area contributed by atoms with Crippen molar-refractivity contribution in [1.82, 2.24) is 29.8 Å². The minimum absolute atomic E-state index is 0.0688. The molecule has 0 aliphatic carbocycles. The normalized spacial score (nSPS) is 20.5. The number of hydrogen-bond acceptors (Lipinski definition) is 4. The third-order valence-electron chi connectivity index (χ3n) is 5.01. The van der Waals surface area contributed by atoms with E-state index in [1.54, 1.807) is 20.5 Å². The van der Waals surface area contributed by atoms with Crippen molar-refractivity contribution in [3.63, 3.8) is 0 Å². The van der Waals surface area contributed by atoms with Gasteiger partial charge in [0.05, 0.1) is 17.9 Å². The molecule has 8 nitrogen and oxygen atoms in total. The average Bonchev–Trinajstić information content (AvgIpc) is 3.13. The van der Waals surface area contributed by atoms with Gasteiger partial charge in [-0.3, -0.25) is 19.0 Å². The number of aromatic nitrogens is 4. The summed E-state index contributed by atoms with van der Waals surface area (Å²) in [6.45, 7) is 4.58. The van der Waals surface area contributed by atoms with Gasteiger partial charge in [0.2, 0.25) is 11.8 Å². The molecule has 0 saturated carbocycles. The Morgan fingerprint density at radius 3 is 2.73 bits per heavy atom. The van der Waals surface area contributed by atoms with Crippen molar-refractivity contribution < 1.29 is 9.59 Å². The van der Waals surface area contributed by atoms with Crippen LogP contribution in [0.15, 0.2) is 18.5 Å². The smallest absolute Gasteiger partial charge is 0.241 e. The summed E-state index contributed by atoms with van der Waals surface area (Å²) in [5.41, 5.74) is 2.87. The molecule has 2 atom stereocenters. The molecule has 2 aromatic rings. The molecule has 0 unspecified atom stereocenters. The third kappa shape index (κ3) is 3.79. The Kier molecular flexibility index (Phi) is 5.11. The predicted molar refractivity (Wildman–Crippen MR) is 96.2 cm³/mol. The van der Waals surface area contributed by atoms with Gasteiger partial charge in [0.1, 0.15) is 6.54 Å². The summed E-state index contributed by atoms with van der Waals surface area (Å²) in [5.74, 6) is 0.219. The first-order chi connectivity index (χ1) is 12.3. The minimum atomic E-state index is -0.0704. The number of amides is 2. The zero-order chi connectivity index (χ0) is 18.8. The van der Waals surface area contributed by atoms with Crippen molar-refractivity contribution in [3.05, 3.63) is 35.4 Å². The first kappa shape index (κ1) is 18.2. The minimum Gasteiger partial charge on any atom is -0.354 e. The van der Waals surface area contributed by atoms with Crippen molar-refractivity contribution in [1.29, 1.82) is 0 Å². The largest absolute Gasteiger partial charge is 0.354 e. The maximum absolute atomic E-state index is 12.3. The quantitative estimate of drug-likeness (QED) is 0.863. The zero-order valence-electron chi connectivity index (χ0n) is 15.8. The highest BCUT2D eigenvalue weighted by molar-refractivity contribution is 5.78. The molecular formula is C18H26N6O2. The Balaban J connectivity index is 1.66. The molecule has 2 aromatic heterocycles. The molecule has 1 aliphatic heterocycles. The molecule has 1 fully saturated rings. The van der Waals surface area contributed by atoms with E-state index in [0.717, 1.165) is 23.4 Å². The Bertz CT molecular complexity index is 808. The highest BCUT2D eigenvalue weighted by atomic mass is 16.2. The van der Waals surface area contributed by atoms with Gasteiger partial charge in [0.25, 0.3) is 0 Å². The van der Waals surface area contributed by atoms with Crippen LogP contribution in [0.1, 0.15) is 35.8 Å². The molecule has 140 valence electrons. The Morgan fingerprint density at radius 1 is 1.35 bits per heavy atom. The van der Waals surface area contributed by atoms with Crippen molar-refractivity contribution in [2.24, 2.45) is 13.0 Å². The van der Waals surface area contributed by atoms with E-state index < -0.39 is 0 Å². The van der Waals surface area contributed by atoms with E-state index in [0.29, 0.717) is 13.0 Å². The van der Waals surface area contributed by atoms with Gasteiger partial charge in [-0.25, -0.2) is 0 Å². The molecule has 0 aromatic carbocycles. The van der Waals surface area contributed by atoms with Crippen molar-refractivity contribution in [2.45, 2.75) is 39.3 Å². The van der Waals surface area contributed by atoms with Crippen molar-refractivity contribution in [2.75, 3.05) is 13.6 Å². The Morgan fingerprint density at radius 2 is 2.12 bits per heavy atom. The summed E-state index contributed by atoms with van der Waals surface area (Å²) in [7, 11) is 3.68. The van der Waals surface area contributed by atoms with Crippen LogP contribution in [0.2, 0.25) is 0 Å². The van der Waals surface area contributed by atoms with Crippen molar-refractivity contribution >= 4 is 11.8 Å². The van der Waals surface area contributed by atoms with Crippen LogP contribution in [0.5, 0.6) is 0 Å². The molecule has 2 amide bonds. The van der Waals surface area contributed by atoms with Gasteiger partial charge in [-0.1, -0.05) is 0 Å². The van der Waals surface area contributed by atoms with Gasteiger partial charge in [-0.15, -0.1) is 0 Å². The molecule has 0 radical (unpaired) electrons. The average molecular weight is 358 g/mol. The third-order valence-corrected chi connectivity index (χ3v) is 5.01. The number of carbonyl (C=O) groups excluding carboxylic acids is 2. The van der Waals surface area contributed by atoms with Gasteiger partial charge in [0, 0.05) is 50.4 Å². The number of hydrogen-bond donors (Lipinski definition) is 1. The molecule has 26 heavy (non-hydrogen) atoms. The second kappa shape index (κ2) is 7.31. The highest BCUT2D eigenvalue weighted by Gasteiger charge is 2.35. The second-order valence-electron chi connectivity index (χ2n) is 7.08. The van der Waals surface area contributed by atoms with Crippen LogP contribution in [0, 0.1) is 19.8 Å². The lowest BCUT2D eigenvalue weighted by atomic mass is 9.85. The summed E-state index contributed by atoms with van der Waals surface area (Å²) in [5, 5.41) is 11.6. The Labute approximate surface area is 153 Å². The fourth-order valence-corrected chi connectivity index (χ4v) is 3.69. The number of aryl methyl sites for hydroxylation is 3. The topological polar surface area (TPSA) is 85.0 Å². The van der Waals surface area contributed by atoms with E-state index in [-0.39, 0.29) is 30.3 Å². The lowest BCUT2D eigenvalue weighted by Crippen LogP contribution is -2.44. The Hall–Kier alpha value is -2.64. The van der Waals surface area contributed by atoms with Crippen LogP contribution in [0.4, 0.5) is 0 Å². The van der Waals surface area contributed by atoms with Crippen LogP contribution < -0.4 is 5.32 Å². The predicted octanol–water partition coefficient (Wildman–Crippen LogP) is 0.959. The standard InChI is InChI=1S/C18H26N6O2/c1-12-7-13(2)24(21-12)11-16(25)19-8-14-5-6-17(26)23(4)18(14)15-9-20-22(3)10-15/h7,9-10,14,18H,5-6,8,11H2,1-4H3,(H,19,25)/t14-,18+/m1/s1. The lowest BCUT2D eigenvalue weighted by Gasteiger charge is -2.38. The summed E-state index contributed by atoms with van der Waals surface area (Å²) in [6.07, 6.45) is 4.99. The molecule has 8 heteroatoms. The van der Waals surface area contributed by atoms with Crippen molar-refractivity contribution in [3.8, 4) is 0 Å². The van der Waals surface area contributed by atoms with Gasteiger partial charge in [0.15, 0.2) is 0 Å². The highest BCUT2D eigenvalue weighted by Crippen LogP contribution is 2.35. The second-order valence-corrected chi connectivity index (χ2v) is 7.08. The molecule has 0 spiro atoms. The lowest BCUT2D eigenvalue weighted by molar-refractivity contribution is -0.137. The van der Waals surface area contributed by atoms with Crippen LogP contribution in [-0.2, 0) is 23.2 Å². The van der Waals surface area contributed by atoms with E-state index in [1.807, 2.05) is 40.2 Å². The monoisotopic (exact) mass is 358 g/mol. The van der Waals surface area contributed by atoms with E-state index in [4.69, 9.17) is 0 Å². The van der Waals surface area contributed by atoms with Crippen LogP contribution in [0.3, 0.4) is 0 Å². The number of rotatable bonds is 5. The number of nitrogens with zero attached hydrogens (tertiary/aromatic N) is 5. The van der Waals surface area contributed by atoms with E-state index >= 15 is 0 Å². The number of likely N-dealkylation sites (tertiary alicyclic amines) is 1. The van der Waals surface area contributed by atoms with E-state index in [1.165, 1.54) is 0 Å². The number of piperidine rings is 1. The molecule has 1 N–H and O–H groups in total. The fourth-order valence-electron chi connectivity index (χ4n) is 3.69. The van der Waals surface area contributed by atoms with Gasteiger partial charge < -0.3 is 10.2 Å². The van der Waals surface area contributed by atoms with Gasteiger partial charge >= 0.3 is 0 Å². The summed E-state index contributed by atoms with van der Waals surface area (Å²) < 4.78 is 3.44. The number of nitrogens with one attached hydrogen (secondary N) is 1. The molecule has 3 heterocycles. The molecular weight excluding hydrogens is 332 g/mol. The maximum Gasteiger partial charge on any atom is 0.241 e. The van der Waals surface area contributed by atoms with E-state index in [2.05, 4.69) is 15.5 Å². The van der Waals surface area contributed by atoms with Crippen LogP contribution >= 0.6 is 0 Å². The zero-order valence-corrected chi connectivity index (χ0v) is 15.8. The van der Waals surface area contributed by atoms with Crippen LogP contribution in [-0.4, -0.2) is 49.9 Å². The van der Waals surface area contributed by atoms with E-state index in [9.17, 15) is 9.59 Å². The SMILES string of the molecule is Cc1cc(C)n(CC(=O)NC[C@H]2CCC(=O)N(C)[C@@H]2c2cnn(C)c2)n1. The number of carbonyl (C=O) groups is 2. The maximum atomic E-state index is 12.3. The summed E-state index contributed by atoms with van der Waals surface area (Å²) in [6, 6.07) is 1.88. The molecule has 3 rings (SSSR count). The van der Waals surface area contributed by atoms with Gasteiger partial charge in [-0.2, -0.15) is 10.2 Å². The summed E-state index contributed by atoms with van der Waals surface area (Å²) in [4.78, 5) is 26.3. The first-order valence-electron chi connectivity index (χ1n) is 8.87.